The first-order valence-corrected chi connectivity index (χ1v) is 11.0. The number of ether oxygens (including phenoxy) is 1. The Balaban J connectivity index is 1.68. The lowest BCUT2D eigenvalue weighted by Gasteiger charge is -2.40. The highest BCUT2D eigenvalue weighted by Gasteiger charge is 2.31. The van der Waals surface area contributed by atoms with Crippen molar-refractivity contribution in [2.75, 3.05) is 33.3 Å². The van der Waals surface area contributed by atoms with Gasteiger partial charge in [0, 0.05) is 26.2 Å². The molecule has 1 aliphatic rings. The molecule has 2 atom stereocenters. The molecule has 1 fully saturated rings. The summed E-state index contributed by atoms with van der Waals surface area (Å²) in [5.41, 5.74) is 2.49. The van der Waals surface area contributed by atoms with Gasteiger partial charge in [0.2, 0.25) is 0 Å². The number of hydrogen-bond donors (Lipinski definition) is 1. The SMILES string of the molecule is CCC(C)[C@@H](NC(=O)N1CCN(C(c2ccccc2)c2ccccc2)CC1)C(=O)OC. The topological polar surface area (TPSA) is 61.9 Å². The van der Waals surface area contributed by atoms with Crippen LogP contribution in [0.25, 0.3) is 0 Å². The molecular weight excluding hydrogens is 390 g/mol. The predicted octanol–water partition coefficient (Wildman–Crippen LogP) is 3.69. The van der Waals surface area contributed by atoms with Crippen molar-refractivity contribution < 1.29 is 14.3 Å². The third-order valence-corrected chi connectivity index (χ3v) is 6.14. The van der Waals surface area contributed by atoms with Gasteiger partial charge >= 0.3 is 12.0 Å². The van der Waals surface area contributed by atoms with Gasteiger partial charge in [-0.25, -0.2) is 9.59 Å². The van der Waals surface area contributed by atoms with Crippen molar-refractivity contribution in [3.05, 3.63) is 71.8 Å². The Hall–Kier alpha value is -2.86. The van der Waals surface area contributed by atoms with E-state index in [-0.39, 0.29) is 18.0 Å². The molecule has 0 saturated carbocycles. The van der Waals surface area contributed by atoms with E-state index in [4.69, 9.17) is 4.74 Å². The molecule has 6 nitrogen and oxygen atoms in total. The van der Waals surface area contributed by atoms with Crippen molar-refractivity contribution in [3.63, 3.8) is 0 Å². The van der Waals surface area contributed by atoms with E-state index in [1.54, 1.807) is 4.90 Å². The fraction of sp³-hybridized carbons (Fsp3) is 0.440. The summed E-state index contributed by atoms with van der Waals surface area (Å²) in [7, 11) is 1.36. The quantitative estimate of drug-likeness (QED) is 0.690. The van der Waals surface area contributed by atoms with E-state index < -0.39 is 12.0 Å². The molecule has 1 aliphatic heterocycles. The zero-order valence-corrected chi connectivity index (χ0v) is 18.7. The fourth-order valence-electron chi connectivity index (χ4n) is 4.09. The van der Waals surface area contributed by atoms with E-state index in [1.165, 1.54) is 18.2 Å². The zero-order valence-electron chi connectivity index (χ0n) is 18.7. The second-order valence-corrected chi connectivity index (χ2v) is 8.08. The van der Waals surface area contributed by atoms with Crippen LogP contribution in [0.2, 0.25) is 0 Å². The van der Waals surface area contributed by atoms with E-state index in [0.29, 0.717) is 13.1 Å². The summed E-state index contributed by atoms with van der Waals surface area (Å²) in [6, 6.07) is 20.3. The first-order chi connectivity index (χ1) is 15.0. The Bertz CT molecular complexity index is 796. The number of urea groups is 1. The molecule has 1 unspecified atom stereocenters. The molecule has 166 valence electrons. The number of carbonyl (C=O) groups excluding carboxylic acids is 2. The van der Waals surface area contributed by atoms with Crippen LogP contribution in [-0.4, -0.2) is 61.1 Å². The Kier molecular flexibility index (Phi) is 8.06. The Morgan fingerprint density at radius 2 is 1.45 bits per heavy atom. The van der Waals surface area contributed by atoms with Crippen LogP contribution >= 0.6 is 0 Å². The highest BCUT2D eigenvalue weighted by molar-refractivity contribution is 5.83. The number of amides is 2. The maximum absolute atomic E-state index is 12.9. The molecule has 0 aliphatic carbocycles. The van der Waals surface area contributed by atoms with Crippen molar-refractivity contribution in [2.24, 2.45) is 5.92 Å². The average molecular weight is 424 g/mol. The molecule has 1 saturated heterocycles. The van der Waals surface area contributed by atoms with Crippen LogP contribution in [0, 0.1) is 5.92 Å². The van der Waals surface area contributed by atoms with Gasteiger partial charge in [-0.15, -0.1) is 0 Å². The van der Waals surface area contributed by atoms with Gasteiger partial charge in [-0.3, -0.25) is 4.90 Å². The first-order valence-electron chi connectivity index (χ1n) is 11.0. The second kappa shape index (κ2) is 11.0. The van der Waals surface area contributed by atoms with Gasteiger partial charge in [0.25, 0.3) is 0 Å². The molecule has 2 amide bonds. The summed E-state index contributed by atoms with van der Waals surface area (Å²) in [4.78, 5) is 29.2. The highest BCUT2D eigenvalue weighted by atomic mass is 16.5. The van der Waals surface area contributed by atoms with Crippen molar-refractivity contribution in [3.8, 4) is 0 Å². The molecule has 2 aromatic carbocycles. The first kappa shape index (κ1) is 22.8. The van der Waals surface area contributed by atoms with E-state index in [9.17, 15) is 9.59 Å². The maximum Gasteiger partial charge on any atom is 0.328 e. The summed E-state index contributed by atoms with van der Waals surface area (Å²) in [6.45, 7) is 6.68. The lowest BCUT2D eigenvalue weighted by atomic mass is 9.96. The van der Waals surface area contributed by atoms with Gasteiger partial charge < -0.3 is 15.0 Å². The smallest absolute Gasteiger partial charge is 0.328 e. The molecule has 0 aromatic heterocycles. The van der Waals surface area contributed by atoms with Crippen molar-refractivity contribution in [2.45, 2.75) is 32.4 Å². The number of benzene rings is 2. The molecule has 0 bridgehead atoms. The van der Waals surface area contributed by atoms with Gasteiger partial charge in [0.15, 0.2) is 0 Å². The van der Waals surface area contributed by atoms with Gasteiger partial charge in [0.05, 0.1) is 13.2 Å². The largest absolute Gasteiger partial charge is 0.467 e. The molecule has 6 heteroatoms. The number of nitrogens with one attached hydrogen (secondary N) is 1. The molecular formula is C25H33N3O3. The van der Waals surface area contributed by atoms with Crippen LogP contribution in [0.1, 0.15) is 37.4 Å². The Labute approximate surface area is 185 Å². The summed E-state index contributed by atoms with van der Waals surface area (Å²) >= 11 is 0. The number of carbonyl (C=O) groups is 2. The normalized spacial score (nSPS) is 16.6. The van der Waals surface area contributed by atoms with Crippen LogP contribution < -0.4 is 5.32 Å². The molecule has 31 heavy (non-hydrogen) atoms. The number of nitrogens with zero attached hydrogens (tertiary/aromatic N) is 2. The summed E-state index contributed by atoms with van der Waals surface area (Å²) in [5.74, 6) is -0.382. The van der Waals surface area contributed by atoms with Gasteiger partial charge in [-0.05, 0) is 17.0 Å². The standard InChI is InChI=1S/C25H33N3O3/c1-4-19(2)22(24(29)31-3)26-25(30)28-17-15-27(16-18-28)23(20-11-7-5-8-12-20)21-13-9-6-10-14-21/h5-14,19,22-23H,4,15-18H2,1-3H3,(H,26,30)/t19?,22-/m1/s1. The van der Waals surface area contributed by atoms with E-state index >= 15 is 0 Å². The number of hydrogen-bond acceptors (Lipinski definition) is 4. The van der Waals surface area contributed by atoms with Crippen LogP contribution in [-0.2, 0) is 9.53 Å². The van der Waals surface area contributed by atoms with Gasteiger partial charge in [-0.1, -0.05) is 80.9 Å². The van der Waals surface area contributed by atoms with Crippen LogP contribution in [0.5, 0.6) is 0 Å². The van der Waals surface area contributed by atoms with Gasteiger partial charge in [0.1, 0.15) is 6.04 Å². The third kappa shape index (κ3) is 5.64. The van der Waals surface area contributed by atoms with Crippen LogP contribution in [0.4, 0.5) is 4.79 Å². The molecule has 2 aromatic rings. The molecule has 1 N–H and O–H groups in total. The lowest BCUT2D eigenvalue weighted by Crippen LogP contribution is -2.56. The zero-order chi connectivity index (χ0) is 22.2. The average Bonchev–Trinajstić information content (AvgIpc) is 2.83. The van der Waals surface area contributed by atoms with Crippen molar-refractivity contribution in [1.29, 1.82) is 0 Å². The van der Waals surface area contributed by atoms with E-state index in [2.05, 4.69) is 58.7 Å². The molecule has 3 rings (SSSR count). The lowest BCUT2D eigenvalue weighted by molar-refractivity contribution is -0.144. The summed E-state index contributed by atoms with van der Waals surface area (Å²) in [6.07, 6.45) is 0.781. The van der Waals surface area contributed by atoms with Crippen molar-refractivity contribution in [1.82, 2.24) is 15.1 Å². The Morgan fingerprint density at radius 3 is 1.90 bits per heavy atom. The molecule has 0 spiro atoms. The minimum Gasteiger partial charge on any atom is -0.467 e. The monoisotopic (exact) mass is 423 g/mol. The Morgan fingerprint density at radius 1 is 0.935 bits per heavy atom. The number of piperazine rings is 1. The number of esters is 1. The van der Waals surface area contributed by atoms with E-state index in [0.717, 1.165) is 19.5 Å². The van der Waals surface area contributed by atoms with Crippen LogP contribution in [0.15, 0.2) is 60.7 Å². The summed E-state index contributed by atoms with van der Waals surface area (Å²) in [5, 5.41) is 2.89. The number of methoxy groups -OCH3 is 1. The minimum absolute atomic E-state index is 0.0123. The minimum atomic E-state index is -0.623. The van der Waals surface area contributed by atoms with Crippen LogP contribution in [0.3, 0.4) is 0 Å². The molecule has 1 heterocycles. The highest BCUT2D eigenvalue weighted by Crippen LogP contribution is 2.29. The fourth-order valence-corrected chi connectivity index (χ4v) is 4.09. The number of rotatable bonds is 7. The third-order valence-electron chi connectivity index (χ3n) is 6.14. The second-order valence-electron chi connectivity index (χ2n) is 8.08. The molecule has 0 radical (unpaired) electrons. The predicted molar refractivity (Wildman–Crippen MR) is 122 cm³/mol. The maximum atomic E-state index is 12.9. The van der Waals surface area contributed by atoms with E-state index in [1.807, 2.05) is 26.0 Å². The van der Waals surface area contributed by atoms with Gasteiger partial charge in [-0.2, -0.15) is 0 Å². The summed E-state index contributed by atoms with van der Waals surface area (Å²) < 4.78 is 4.89. The van der Waals surface area contributed by atoms with Crippen molar-refractivity contribution >= 4 is 12.0 Å².